The van der Waals surface area contributed by atoms with Crippen LogP contribution in [0.4, 0.5) is 0 Å². The van der Waals surface area contributed by atoms with Crippen molar-refractivity contribution in [2.75, 3.05) is 0 Å². The predicted octanol–water partition coefficient (Wildman–Crippen LogP) is 1.48. The van der Waals surface area contributed by atoms with Crippen LogP contribution in [-0.4, -0.2) is 17.2 Å². The van der Waals surface area contributed by atoms with E-state index in [1.165, 1.54) is 6.92 Å². The highest BCUT2D eigenvalue weighted by atomic mass is 16.6. The molecule has 0 unspecified atom stereocenters. The molecule has 1 rings (SSSR count). The number of aliphatic hydroxyl groups excluding tert-OH is 1. The van der Waals surface area contributed by atoms with Crippen LogP contribution in [0.2, 0.25) is 0 Å². The molecule has 4 heteroatoms. The third kappa shape index (κ3) is 3.07. The Kier molecular flexibility index (Phi) is 4.03. The Morgan fingerprint density at radius 3 is 2.44 bits per heavy atom. The first-order valence-electron chi connectivity index (χ1n) is 4.86. The molecule has 0 heterocycles. The van der Waals surface area contributed by atoms with Gasteiger partial charge >= 0.3 is 5.97 Å². The largest absolute Gasteiger partial charge is 0.444 e. The van der Waals surface area contributed by atoms with E-state index >= 15 is 0 Å². The number of hydrogen-bond acceptors (Lipinski definition) is 4. The van der Waals surface area contributed by atoms with Crippen molar-refractivity contribution < 1.29 is 14.6 Å². The average Bonchev–Trinajstić information content (AvgIpc) is 2.25. The topological polar surface area (TPSA) is 70.3 Å². The quantitative estimate of drug-likeness (QED) is 0.782. The van der Waals surface area contributed by atoms with Crippen LogP contribution in [0.3, 0.4) is 0 Å². The van der Waals surface area contributed by atoms with E-state index in [1.807, 2.05) is 19.1 Å². The fourth-order valence-electron chi connectivity index (χ4n) is 1.28. The third-order valence-corrected chi connectivity index (χ3v) is 2.13. The maximum atomic E-state index is 10.7. The van der Waals surface area contributed by atoms with Crippen LogP contribution >= 0.6 is 0 Å². The second-order valence-corrected chi connectivity index (χ2v) is 3.51. The Balaban J connectivity index is 2.83. The van der Waals surface area contributed by atoms with E-state index in [1.54, 1.807) is 18.2 Å². The lowest BCUT2D eigenvalue weighted by molar-refractivity contribution is -0.148. The molecular formula is C12H13NO3. The molecule has 0 fully saturated rings. The zero-order valence-electron chi connectivity index (χ0n) is 9.18. The van der Waals surface area contributed by atoms with Gasteiger partial charge in [0.2, 0.25) is 6.10 Å². The molecule has 0 bridgehead atoms. The highest BCUT2D eigenvalue weighted by Gasteiger charge is 2.23. The van der Waals surface area contributed by atoms with E-state index in [9.17, 15) is 9.90 Å². The molecule has 0 amide bonds. The number of aliphatic hydroxyl groups is 1. The number of carbonyl (C=O) groups is 1. The van der Waals surface area contributed by atoms with Crippen molar-refractivity contribution in [1.82, 2.24) is 0 Å². The summed E-state index contributed by atoms with van der Waals surface area (Å²) in [6.45, 7) is 3.12. The number of rotatable bonds is 3. The van der Waals surface area contributed by atoms with Crippen LogP contribution in [0.25, 0.3) is 0 Å². The Morgan fingerprint density at radius 1 is 1.44 bits per heavy atom. The molecule has 1 N–H and O–H groups in total. The van der Waals surface area contributed by atoms with Crippen LogP contribution in [0.15, 0.2) is 24.3 Å². The summed E-state index contributed by atoms with van der Waals surface area (Å²) in [4.78, 5) is 10.7. The summed E-state index contributed by atoms with van der Waals surface area (Å²) in [6, 6.07) is 8.80. The minimum absolute atomic E-state index is 0.554. The van der Waals surface area contributed by atoms with Gasteiger partial charge in [-0.3, -0.25) is 4.79 Å². The number of carbonyl (C=O) groups excluding carboxylic acids is 1. The van der Waals surface area contributed by atoms with Crippen LogP contribution < -0.4 is 0 Å². The molecule has 4 nitrogen and oxygen atoms in total. The van der Waals surface area contributed by atoms with Crippen molar-refractivity contribution in [2.45, 2.75) is 26.1 Å². The summed E-state index contributed by atoms with van der Waals surface area (Å²) in [5, 5.41) is 18.6. The molecule has 84 valence electrons. The van der Waals surface area contributed by atoms with Crippen LogP contribution in [0.1, 0.15) is 24.2 Å². The van der Waals surface area contributed by atoms with Gasteiger partial charge in [0, 0.05) is 6.92 Å². The van der Waals surface area contributed by atoms with Gasteiger partial charge in [-0.1, -0.05) is 29.8 Å². The Morgan fingerprint density at radius 2 is 2.00 bits per heavy atom. The van der Waals surface area contributed by atoms with Crippen molar-refractivity contribution in [1.29, 1.82) is 5.26 Å². The van der Waals surface area contributed by atoms with E-state index in [2.05, 4.69) is 0 Å². The van der Waals surface area contributed by atoms with Gasteiger partial charge in [-0.2, -0.15) is 5.26 Å². The van der Waals surface area contributed by atoms with Gasteiger partial charge in [-0.25, -0.2) is 0 Å². The minimum Gasteiger partial charge on any atom is -0.444 e. The van der Waals surface area contributed by atoms with E-state index in [0.29, 0.717) is 5.56 Å². The minimum atomic E-state index is -1.17. The number of aryl methyl sites for hydroxylation is 1. The number of ether oxygens (including phenoxy) is 1. The first-order valence-corrected chi connectivity index (χ1v) is 4.86. The smallest absolute Gasteiger partial charge is 0.304 e. The zero-order chi connectivity index (χ0) is 12.1. The molecule has 1 aromatic rings. The molecule has 0 saturated carbocycles. The second-order valence-electron chi connectivity index (χ2n) is 3.51. The molecular weight excluding hydrogens is 206 g/mol. The normalized spacial score (nSPS) is 13.6. The van der Waals surface area contributed by atoms with Crippen molar-refractivity contribution in [3.05, 3.63) is 35.4 Å². The first kappa shape index (κ1) is 12.2. The number of benzene rings is 1. The van der Waals surface area contributed by atoms with Crippen LogP contribution in [-0.2, 0) is 9.53 Å². The van der Waals surface area contributed by atoms with Gasteiger partial charge in [0.1, 0.15) is 12.2 Å². The van der Waals surface area contributed by atoms with Crippen LogP contribution in [0, 0.1) is 18.3 Å². The van der Waals surface area contributed by atoms with Gasteiger partial charge in [-0.05, 0) is 12.5 Å². The first-order chi connectivity index (χ1) is 7.54. The van der Waals surface area contributed by atoms with Gasteiger partial charge in [0.15, 0.2) is 0 Å². The number of hydrogen-bond donors (Lipinski definition) is 1. The van der Waals surface area contributed by atoms with Crippen LogP contribution in [0.5, 0.6) is 0 Å². The maximum Gasteiger partial charge on any atom is 0.304 e. The Bertz CT molecular complexity index is 405. The second kappa shape index (κ2) is 5.29. The molecule has 0 aliphatic rings. The summed E-state index contributed by atoms with van der Waals surface area (Å²) in [5.41, 5.74) is 1.61. The summed E-state index contributed by atoms with van der Waals surface area (Å²) in [5.74, 6) is -0.585. The molecule has 2 atom stereocenters. The van der Waals surface area contributed by atoms with E-state index in [-0.39, 0.29) is 0 Å². The van der Waals surface area contributed by atoms with Crippen molar-refractivity contribution >= 4 is 5.97 Å². The third-order valence-electron chi connectivity index (χ3n) is 2.13. The Hall–Kier alpha value is -1.86. The molecule has 0 aliphatic heterocycles. The van der Waals surface area contributed by atoms with E-state index in [4.69, 9.17) is 10.00 Å². The monoisotopic (exact) mass is 219 g/mol. The highest BCUT2D eigenvalue weighted by Crippen LogP contribution is 2.19. The standard InChI is InChI=1S/C12H13NO3/c1-8-3-5-10(6-4-8)12(15)11(7-13)16-9(2)14/h3-6,11-12,15H,1-2H3/t11-,12+/m1/s1. The maximum absolute atomic E-state index is 10.7. The summed E-state index contributed by atoms with van der Waals surface area (Å²) >= 11 is 0. The molecule has 0 aromatic heterocycles. The van der Waals surface area contributed by atoms with Crippen molar-refractivity contribution in [3.8, 4) is 6.07 Å². The molecule has 0 aliphatic carbocycles. The molecule has 0 radical (unpaired) electrons. The number of esters is 1. The number of nitrogens with zero attached hydrogens (tertiary/aromatic N) is 1. The summed E-state index contributed by atoms with van der Waals surface area (Å²) in [7, 11) is 0. The molecule has 0 spiro atoms. The van der Waals surface area contributed by atoms with Gasteiger partial charge < -0.3 is 9.84 Å². The molecule has 1 aromatic carbocycles. The van der Waals surface area contributed by atoms with Gasteiger partial charge in [0.25, 0.3) is 0 Å². The van der Waals surface area contributed by atoms with Gasteiger partial charge in [-0.15, -0.1) is 0 Å². The lowest BCUT2D eigenvalue weighted by atomic mass is 10.0. The van der Waals surface area contributed by atoms with Crippen molar-refractivity contribution in [2.24, 2.45) is 0 Å². The SMILES string of the molecule is CC(=O)O[C@H](C#N)[C@@H](O)c1ccc(C)cc1. The lowest BCUT2D eigenvalue weighted by Gasteiger charge is -2.16. The number of nitriles is 1. The average molecular weight is 219 g/mol. The molecule has 0 saturated heterocycles. The highest BCUT2D eigenvalue weighted by molar-refractivity contribution is 5.66. The fourth-order valence-corrected chi connectivity index (χ4v) is 1.28. The predicted molar refractivity (Wildman–Crippen MR) is 57.3 cm³/mol. The van der Waals surface area contributed by atoms with Crippen molar-refractivity contribution in [3.63, 3.8) is 0 Å². The lowest BCUT2D eigenvalue weighted by Crippen LogP contribution is -2.22. The van der Waals surface area contributed by atoms with E-state index < -0.39 is 18.2 Å². The van der Waals surface area contributed by atoms with E-state index in [0.717, 1.165) is 5.56 Å². The van der Waals surface area contributed by atoms with Gasteiger partial charge in [0.05, 0.1) is 0 Å². The molecule has 16 heavy (non-hydrogen) atoms. The summed E-state index contributed by atoms with van der Waals surface area (Å²) in [6.07, 6.45) is -2.28. The Labute approximate surface area is 94.1 Å². The zero-order valence-corrected chi connectivity index (χ0v) is 9.18. The fraction of sp³-hybridized carbons (Fsp3) is 0.333. The summed E-state index contributed by atoms with van der Waals surface area (Å²) < 4.78 is 4.70.